The van der Waals surface area contributed by atoms with Crippen molar-refractivity contribution < 1.29 is 19.1 Å². The van der Waals surface area contributed by atoms with E-state index in [2.05, 4.69) is 58.3 Å². The van der Waals surface area contributed by atoms with E-state index in [4.69, 9.17) is 10.5 Å². The largest absolute Gasteiger partial charge is 0.446 e. The number of fused-ring (bicyclic) bond motifs is 5. The fourth-order valence-electron chi connectivity index (χ4n) is 12.8. The Morgan fingerprint density at radius 3 is 2.11 bits per heavy atom. The molecule has 4 rings (SSSR count). The number of hydrogen-bond acceptors (Lipinski definition) is 5. The van der Waals surface area contributed by atoms with E-state index in [0.29, 0.717) is 38.0 Å². The molecule has 0 aromatic heterocycles. The summed E-state index contributed by atoms with van der Waals surface area (Å²) in [5, 5.41) is 6.09. The number of nitrogens with two attached hydrogens (primary N) is 1. The van der Waals surface area contributed by atoms with Crippen LogP contribution in [0.3, 0.4) is 0 Å². The van der Waals surface area contributed by atoms with E-state index in [1.54, 1.807) is 4.90 Å². The molecule has 0 heterocycles. The maximum atomic E-state index is 13.8. The van der Waals surface area contributed by atoms with Gasteiger partial charge in [0.1, 0.15) is 12.6 Å². The number of amides is 3. The topological polar surface area (TPSA) is 114 Å². The van der Waals surface area contributed by atoms with Crippen molar-refractivity contribution in [2.24, 2.45) is 52.1 Å². The summed E-state index contributed by atoms with van der Waals surface area (Å²) in [6, 6.07) is 0. The summed E-state index contributed by atoms with van der Waals surface area (Å²) in [5.74, 6) is 4.87. The molecule has 0 aliphatic heterocycles. The summed E-state index contributed by atoms with van der Waals surface area (Å²) < 4.78 is 6.30. The summed E-state index contributed by atoms with van der Waals surface area (Å²) in [7, 11) is 0. The lowest BCUT2D eigenvalue weighted by atomic mass is 9.47. The van der Waals surface area contributed by atoms with Gasteiger partial charge >= 0.3 is 6.09 Å². The molecule has 0 aromatic carbocycles. The van der Waals surface area contributed by atoms with Crippen LogP contribution in [-0.4, -0.2) is 61.6 Å². The van der Waals surface area contributed by atoms with E-state index in [1.807, 2.05) is 0 Å². The Morgan fingerprint density at radius 2 is 1.41 bits per heavy atom. The third-order valence-corrected chi connectivity index (χ3v) is 16.5. The second kappa shape index (κ2) is 27.3. The van der Waals surface area contributed by atoms with Crippen molar-refractivity contribution in [3.63, 3.8) is 0 Å². The monoisotopic (exact) mass is 853 g/mol. The maximum Gasteiger partial charge on any atom is 0.410 e. The first-order valence-electron chi connectivity index (χ1n) is 26.3. The number of unbranched alkanes of at least 4 members (excludes halogenated alkanes) is 13. The first-order chi connectivity index (χ1) is 29.4. The third kappa shape index (κ3) is 16.1. The van der Waals surface area contributed by atoms with Crippen LogP contribution in [0.4, 0.5) is 4.79 Å². The lowest BCUT2D eigenvalue weighted by Gasteiger charge is -2.58. The summed E-state index contributed by atoms with van der Waals surface area (Å²) in [6.07, 6.45) is 34.4. The number of carbonyl (C=O) groups is 3. The molecule has 352 valence electrons. The number of hydrogen-bond donors (Lipinski definition) is 3. The number of allylic oxidation sites excluding steroid dienone is 1. The van der Waals surface area contributed by atoms with Gasteiger partial charge in [-0.25, -0.2) is 4.79 Å². The zero-order chi connectivity index (χ0) is 44.1. The molecule has 3 saturated carbocycles. The van der Waals surface area contributed by atoms with Gasteiger partial charge in [0.25, 0.3) is 0 Å². The zero-order valence-electron chi connectivity index (χ0n) is 40.6. The van der Waals surface area contributed by atoms with E-state index in [0.717, 1.165) is 106 Å². The average Bonchev–Trinajstić information content (AvgIpc) is 3.59. The zero-order valence-corrected chi connectivity index (χ0v) is 40.6. The Balaban J connectivity index is 1.20. The van der Waals surface area contributed by atoms with Crippen LogP contribution in [0.25, 0.3) is 0 Å². The highest BCUT2D eigenvalue weighted by Crippen LogP contribution is 2.67. The fourth-order valence-corrected chi connectivity index (χ4v) is 12.8. The normalized spacial score (nSPS) is 27.4. The summed E-state index contributed by atoms with van der Waals surface area (Å²) >= 11 is 0. The van der Waals surface area contributed by atoms with Gasteiger partial charge in [-0.1, -0.05) is 143 Å². The van der Waals surface area contributed by atoms with Crippen LogP contribution in [0.15, 0.2) is 11.6 Å². The van der Waals surface area contributed by atoms with E-state index in [9.17, 15) is 14.4 Å². The molecular weight excluding hydrogens is 757 g/mol. The van der Waals surface area contributed by atoms with Crippen molar-refractivity contribution in [1.82, 2.24) is 15.5 Å². The molecule has 4 N–H and O–H groups in total. The highest BCUT2D eigenvalue weighted by Gasteiger charge is 2.59. The smallest absolute Gasteiger partial charge is 0.410 e. The summed E-state index contributed by atoms with van der Waals surface area (Å²) in [6.45, 7) is 17.2. The SMILES string of the molecule is CCCCCCCCCCCCC(=O)NCCCCCCN(CC(=O)NCCCCN)C(=O)O[C@H]1CC[C@@]2(C)C(=CC[C@H]3[C@@H]4CC[C@H]([C@H](C)CCCC(C)C)[C@@]4(C)CC[C@@H]32)C1. The molecule has 0 unspecified atom stereocenters. The third-order valence-electron chi connectivity index (χ3n) is 16.5. The summed E-state index contributed by atoms with van der Waals surface area (Å²) in [4.78, 5) is 40.8. The van der Waals surface area contributed by atoms with Gasteiger partial charge in [0.2, 0.25) is 11.8 Å². The molecule has 4 aliphatic carbocycles. The van der Waals surface area contributed by atoms with Crippen molar-refractivity contribution in [3.05, 3.63) is 11.6 Å². The second-order valence-electron chi connectivity index (χ2n) is 21.5. The molecule has 8 heteroatoms. The lowest BCUT2D eigenvalue weighted by Crippen LogP contribution is -2.51. The number of carbonyl (C=O) groups excluding carboxylic acids is 3. The van der Waals surface area contributed by atoms with Crippen LogP contribution in [0, 0.1) is 46.3 Å². The van der Waals surface area contributed by atoms with Crippen molar-refractivity contribution in [2.75, 3.05) is 32.7 Å². The molecule has 0 bridgehead atoms. The molecule has 4 aliphatic rings. The van der Waals surface area contributed by atoms with Crippen molar-refractivity contribution >= 4 is 17.9 Å². The molecule has 0 spiro atoms. The Morgan fingerprint density at radius 1 is 0.754 bits per heavy atom. The molecule has 61 heavy (non-hydrogen) atoms. The van der Waals surface area contributed by atoms with Gasteiger partial charge in [-0.05, 0) is 130 Å². The molecule has 0 saturated heterocycles. The lowest BCUT2D eigenvalue weighted by molar-refractivity contribution is -0.122. The number of nitrogens with one attached hydrogen (secondary N) is 2. The Hall–Kier alpha value is -2.09. The molecule has 8 nitrogen and oxygen atoms in total. The van der Waals surface area contributed by atoms with E-state index in [1.165, 1.54) is 108 Å². The number of rotatable bonds is 30. The van der Waals surface area contributed by atoms with Crippen LogP contribution in [0.2, 0.25) is 0 Å². The van der Waals surface area contributed by atoms with E-state index < -0.39 is 0 Å². The van der Waals surface area contributed by atoms with Crippen molar-refractivity contribution in [3.8, 4) is 0 Å². The van der Waals surface area contributed by atoms with Crippen molar-refractivity contribution in [2.45, 2.75) is 227 Å². The van der Waals surface area contributed by atoms with Crippen LogP contribution in [0.5, 0.6) is 0 Å². The molecule has 3 amide bonds. The Bertz CT molecular complexity index is 1320. The second-order valence-corrected chi connectivity index (χ2v) is 21.5. The maximum absolute atomic E-state index is 13.8. The minimum atomic E-state index is -0.354. The van der Waals surface area contributed by atoms with Gasteiger partial charge in [-0.2, -0.15) is 0 Å². The highest BCUT2D eigenvalue weighted by atomic mass is 16.6. The predicted molar refractivity (Wildman–Crippen MR) is 254 cm³/mol. The van der Waals surface area contributed by atoms with Gasteiger partial charge < -0.3 is 21.1 Å². The van der Waals surface area contributed by atoms with Crippen LogP contribution in [0.1, 0.15) is 221 Å². The first kappa shape index (κ1) is 51.5. The molecule has 0 radical (unpaired) electrons. The predicted octanol–water partition coefficient (Wildman–Crippen LogP) is 12.7. The highest BCUT2D eigenvalue weighted by molar-refractivity contribution is 5.82. The fraction of sp³-hybridized carbons (Fsp3) is 0.906. The Kier molecular flexibility index (Phi) is 23.1. The van der Waals surface area contributed by atoms with Crippen LogP contribution < -0.4 is 16.4 Å². The van der Waals surface area contributed by atoms with E-state index in [-0.39, 0.29) is 36.0 Å². The van der Waals surface area contributed by atoms with Gasteiger partial charge in [-0.3, -0.25) is 14.5 Å². The Labute approximate surface area is 375 Å². The number of ether oxygens (including phenoxy) is 1. The molecule has 3 fully saturated rings. The first-order valence-corrected chi connectivity index (χ1v) is 26.3. The van der Waals surface area contributed by atoms with Gasteiger partial charge in [-0.15, -0.1) is 0 Å². The van der Waals surface area contributed by atoms with Gasteiger partial charge in [0.05, 0.1) is 0 Å². The van der Waals surface area contributed by atoms with Gasteiger partial charge in [0.15, 0.2) is 0 Å². The summed E-state index contributed by atoms with van der Waals surface area (Å²) in [5.41, 5.74) is 7.86. The van der Waals surface area contributed by atoms with Crippen molar-refractivity contribution in [1.29, 1.82) is 0 Å². The van der Waals surface area contributed by atoms with Crippen LogP contribution >= 0.6 is 0 Å². The quantitative estimate of drug-likeness (QED) is 0.0492. The minimum absolute atomic E-state index is 0.0187. The number of nitrogens with zero attached hydrogens (tertiary/aromatic N) is 1. The van der Waals surface area contributed by atoms with Crippen LogP contribution in [-0.2, 0) is 14.3 Å². The van der Waals surface area contributed by atoms with Gasteiger partial charge in [0, 0.05) is 32.5 Å². The molecular formula is C53H96N4O4. The average molecular weight is 853 g/mol. The molecule has 8 atom stereocenters. The standard InChI is InChI=1S/C53H96N4O4/c1-7-8-9-10-11-12-13-14-15-18-26-49(58)55-36-20-16-17-22-38-57(40-50(59)56-37-21-19-35-54)51(60)61-44-31-33-52(5)43(39-44)27-28-45-47-30-29-46(42(4)25-23-24-41(2)3)53(47,6)34-32-48(45)52/h27,41-42,44-48H,7-26,28-40,54H2,1-6H3,(H,55,58)(H,56,59)/t42-,44+,45+,46-,47+,48+,52+,53-/m1/s1. The molecule has 0 aromatic rings. The minimum Gasteiger partial charge on any atom is -0.446 e. The van der Waals surface area contributed by atoms with E-state index >= 15 is 0 Å².